The van der Waals surface area contributed by atoms with E-state index in [-0.39, 0.29) is 0 Å². The van der Waals surface area contributed by atoms with Crippen LogP contribution in [0.1, 0.15) is 20.8 Å². The highest BCUT2D eigenvalue weighted by Gasteiger charge is 2.26. The van der Waals surface area contributed by atoms with Crippen molar-refractivity contribution < 1.29 is 9.59 Å². The average molecular weight is 149 g/mol. The van der Waals surface area contributed by atoms with E-state index in [1.165, 1.54) is 0 Å². The van der Waals surface area contributed by atoms with Crippen LogP contribution in [0.15, 0.2) is 0 Å². The maximum Gasteiger partial charge on any atom is 0.288 e. The van der Waals surface area contributed by atoms with E-state index < -0.39 is 16.4 Å². The van der Waals surface area contributed by atoms with Gasteiger partial charge in [-0.1, -0.05) is 20.8 Å². The number of halogens is 1. The zero-order valence-electron chi connectivity index (χ0n) is 5.69. The number of carbonyl (C=O) groups excluding carboxylic acids is 2. The van der Waals surface area contributed by atoms with Crippen LogP contribution in [0.2, 0.25) is 0 Å². The van der Waals surface area contributed by atoms with E-state index in [1.807, 2.05) is 0 Å². The Hall–Kier alpha value is -0.370. The van der Waals surface area contributed by atoms with Crippen LogP contribution < -0.4 is 0 Å². The van der Waals surface area contributed by atoms with Crippen LogP contribution in [0.4, 0.5) is 0 Å². The minimum atomic E-state index is -0.887. The Labute approximate surface area is 59.2 Å². The van der Waals surface area contributed by atoms with Gasteiger partial charge in [-0.2, -0.15) is 0 Å². The van der Waals surface area contributed by atoms with Gasteiger partial charge in [-0.05, 0) is 11.6 Å². The Balaban J connectivity index is 4.23. The summed E-state index contributed by atoms with van der Waals surface area (Å²) < 4.78 is 0. The number of Topliss-reactive ketones (excluding diaryl/α,β-unsaturated/α-hetero) is 1. The molecule has 0 saturated heterocycles. The predicted molar refractivity (Wildman–Crippen MR) is 35.3 cm³/mol. The summed E-state index contributed by atoms with van der Waals surface area (Å²) in [5.41, 5.74) is -0.640. The largest absolute Gasteiger partial charge is 0.289 e. The molecule has 0 rings (SSSR count). The molecular weight excluding hydrogens is 140 g/mol. The van der Waals surface area contributed by atoms with Crippen LogP contribution in [-0.2, 0) is 9.59 Å². The minimum Gasteiger partial charge on any atom is -0.289 e. The van der Waals surface area contributed by atoms with Crippen molar-refractivity contribution in [1.29, 1.82) is 0 Å². The van der Waals surface area contributed by atoms with E-state index in [0.717, 1.165) is 0 Å². The number of hydrogen-bond acceptors (Lipinski definition) is 2. The molecule has 0 amide bonds. The summed E-state index contributed by atoms with van der Waals surface area (Å²) in [5.74, 6) is -0.538. The lowest BCUT2D eigenvalue weighted by molar-refractivity contribution is -0.137. The Bertz CT molecular complexity index is 144. The number of hydrogen-bond donors (Lipinski definition) is 0. The summed E-state index contributed by atoms with van der Waals surface area (Å²) in [6.07, 6.45) is 0. The third-order valence-electron chi connectivity index (χ3n) is 0.860. The second kappa shape index (κ2) is 2.48. The molecule has 0 aromatic heterocycles. The molecule has 0 spiro atoms. The van der Waals surface area contributed by atoms with Crippen molar-refractivity contribution in [2.24, 2.45) is 5.41 Å². The summed E-state index contributed by atoms with van der Waals surface area (Å²) in [6, 6.07) is 0. The molecule has 0 aliphatic rings. The fourth-order valence-electron chi connectivity index (χ4n) is 0.295. The molecule has 2 nitrogen and oxygen atoms in total. The molecule has 0 aliphatic carbocycles. The highest BCUT2D eigenvalue weighted by atomic mass is 35.5. The Morgan fingerprint density at radius 2 is 1.56 bits per heavy atom. The number of carbonyl (C=O) groups is 2. The molecule has 9 heavy (non-hydrogen) atoms. The van der Waals surface area contributed by atoms with Gasteiger partial charge in [0.1, 0.15) is 0 Å². The normalized spacial score (nSPS) is 11.1. The van der Waals surface area contributed by atoms with Gasteiger partial charge in [0.25, 0.3) is 5.24 Å². The summed E-state index contributed by atoms with van der Waals surface area (Å²) in [6.45, 7) is 4.95. The highest BCUT2D eigenvalue weighted by molar-refractivity contribution is 6.81. The highest BCUT2D eigenvalue weighted by Crippen LogP contribution is 2.15. The van der Waals surface area contributed by atoms with Gasteiger partial charge < -0.3 is 0 Å². The van der Waals surface area contributed by atoms with Crippen molar-refractivity contribution >= 4 is 22.6 Å². The van der Waals surface area contributed by atoms with Crippen molar-refractivity contribution in [2.75, 3.05) is 0 Å². The molecule has 0 fully saturated rings. The lowest BCUT2D eigenvalue weighted by atomic mass is 9.92. The van der Waals surface area contributed by atoms with Gasteiger partial charge in [-0.25, -0.2) is 0 Å². The molecule has 0 atom stereocenters. The van der Waals surface area contributed by atoms with E-state index in [0.29, 0.717) is 0 Å². The first-order valence-electron chi connectivity index (χ1n) is 2.60. The Morgan fingerprint density at radius 1 is 1.22 bits per heavy atom. The average Bonchev–Trinajstić information content (AvgIpc) is 1.62. The smallest absolute Gasteiger partial charge is 0.288 e. The quantitative estimate of drug-likeness (QED) is 0.416. The van der Waals surface area contributed by atoms with Crippen LogP contribution in [0.3, 0.4) is 0 Å². The topological polar surface area (TPSA) is 34.1 Å². The van der Waals surface area contributed by atoms with Gasteiger partial charge in [0.2, 0.25) is 5.78 Å². The molecule has 52 valence electrons. The standard InChI is InChI=1S/C6H9ClO2/c1-6(2,3)4(8)5(7)9/h1-3H3. The predicted octanol–water partition coefficient (Wildman–Crippen LogP) is 1.37. The van der Waals surface area contributed by atoms with Gasteiger partial charge >= 0.3 is 0 Å². The fraction of sp³-hybridized carbons (Fsp3) is 0.667. The van der Waals surface area contributed by atoms with Crippen molar-refractivity contribution in [1.82, 2.24) is 0 Å². The molecule has 0 aromatic carbocycles. The van der Waals surface area contributed by atoms with Crippen LogP contribution in [-0.4, -0.2) is 11.0 Å². The van der Waals surface area contributed by atoms with Gasteiger partial charge in [-0.3, -0.25) is 9.59 Å². The van der Waals surface area contributed by atoms with Crippen LogP contribution >= 0.6 is 11.6 Å². The van der Waals surface area contributed by atoms with Crippen LogP contribution in [0.5, 0.6) is 0 Å². The second-order valence-electron chi connectivity index (χ2n) is 2.85. The van der Waals surface area contributed by atoms with Gasteiger partial charge in [0, 0.05) is 5.41 Å². The summed E-state index contributed by atoms with van der Waals surface area (Å²) in [4.78, 5) is 20.9. The monoisotopic (exact) mass is 148 g/mol. The van der Waals surface area contributed by atoms with Crippen LogP contribution in [0.25, 0.3) is 0 Å². The molecule has 0 saturated carbocycles. The van der Waals surface area contributed by atoms with E-state index in [2.05, 4.69) is 0 Å². The Kier molecular flexibility index (Phi) is 2.38. The molecule has 0 heterocycles. The van der Waals surface area contributed by atoms with E-state index >= 15 is 0 Å². The first kappa shape index (κ1) is 8.63. The molecular formula is C6H9ClO2. The molecule has 0 unspecified atom stereocenters. The maximum atomic E-state index is 10.7. The zero-order valence-corrected chi connectivity index (χ0v) is 6.45. The lowest BCUT2D eigenvalue weighted by Gasteiger charge is -2.11. The first-order chi connectivity index (χ1) is 3.85. The number of ketones is 1. The van der Waals surface area contributed by atoms with E-state index in [4.69, 9.17) is 11.6 Å². The fourth-order valence-corrected chi connectivity index (χ4v) is 0.578. The minimum absolute atomic E-state index is 0.538. The van der Waals surface area contributed by atoms with Gasteiger partial charge in [-0.15, -0.1) is 0 Å². The first-order valence-corrected chi connectivity index (χ1v) is 2.98. The maximum absolute atomic E-state index is 10.7. The Morgan fingerprint density at radius 3 is 1.56 bits per heavy atom. The second-order valence-corrected chi connectivity index (χ2v) is 3.20. The van der Waals surface area contributed by atoms with Crippen molar-refractivity contribution in [3.63, 3.8) is 0 Å². The number of rotatable bonds is 1. The summed E-state index contributed by atoms with van der Waals surface area (Å²) >= 11 is 4.92. The van der Waals surface area contributed by atoms with Crippen LogP contribution in [0, 0.1) is 5.41 Å². The summed E-state index contributed by atoms with van der Waals surface area (Å²) in [5, 5.41) is -0.887. The SMILES string of the molecule is CC(C)(C)C(=O)C(=O)Cl. The summed E-state index contributed by atoms with van der Waals surface area (Å²) in [7, 11) is 0. The van der Waals surface area contributed by atoms with Crippen molar-refractivity contribution in [3.05, 3.63) is 0 Å². The molecule has 0 aromatic rings. The zero-order chi connectivity index (χ0) is 7.65. The van der Waals surface area contributed by atoms with Gasteiger partial charge in [0.05, 0.1) is 0 Å². The molecule has 3 heteroatoms. The molecule has 0 radical (unpaired) electrons. The molecule has 0 aliphatic heterocycles. The third-order valence-corrected chi connectivity index (χ3v) is 1.03. The molecule has 0 bridgehead atoms. The lowest BCUT2D eigenvalue weighted by Crippen LogP contribution is -2.24. The third kappa shape index (κ3) is 2.61. The van der Waals surface area contributed by atoms with Gasteiger partial charge in [0.15, 0.2) is 0 Å². The van der Waals surface area contributed by atoms with E-state index in [1.54, 1.807) is 20.8 Å². The molecule has 0 N–H and O–H groups in total. The van der Waals surface area contributed by atoms with Crippen molar-refractivity contribution in [2.45, 2.75) is 20.8 Å². The van der Waals surface area contributed by atoms with Crippen molar-refractivity contribution in [3.8, 4) is 0 Å². The van der Waals surface area contributed by atoms with E-state index in [9.17, 15) is 9.59 Å².